The van der Waals surface area contributed by atoms with Crippen molar-refractivity contribution in [2.45, 2.75) is 19.5 Å². The molecule has 7 heteroatoms. The van der Waals surface area contributed by atoms with Gasteiger partial charge in [0.05, 0.1) is 11.9 Å². The van der Waals surface area contributed by atoms with Crippen LogP contribution in [0.2, 0.25) is 0 Å². The second kappa shape index (κ2) is 8.81. The third kappa shape index (κ3) is 4.56. The van der Waals surface area contributed by atoms with Gasteiger partial charge in [0.15, 0.2) is 16.6 Å². The zero-order valence-electron chi connectivity index (χ0n) is 17.1. The van der Waals surface area contributed by atoms with E-state index in [9.17, 15) is 0 Å². The van der Waals surface area contributed by atoms with Gasteiger partial charge in [0, 0.05) is 19.6 Å². The second-order valence-corrected chi connectivity index (χ2v) is 8.04. The van der Waals surface area contributed by atoms with Crippen LogP contribution in [0.3, 0.4) is 0 Å². The summed E-state index contributed by atoms with van der Waals surface area (Å²) in [6.45, 7) is 3.65. The van der Waals surface area contributed by atoms with Crippen molar-refractivity contribution in [1.82, 2.24) is 10.3 Å². The molecule has 3 heterocycles. The fourth-order valence-corrected chi connectivity index (χ4v) is 4.08. The summed E-state index contributed by atoms with van der Waals surface area (Å²) in [6.07, 6.45) is 2.87. The molecular formula is C24H24N4O2S. The molecule has 3 aromatic rings. The van der Waals surface area contributed by atoms with Gasteiger partial charge < -0.3 is 25.0 Å². The number of fused-ring (bicyclic) bond motifs is 2. The molecule has 2 aromatic carbocycles. The Balaban J connectivity index is 1.15. The van der Waals surface area contributed by atoms with Gasteiger partial charge in [0.25, 0.3) is 0 Å². The molecule has 0 spiro atoms. The maximum Gasteiger partial charge on any atom is 0.171 e. The highest BCUT2D eigenvalue weighted by Gasteiger charge is 2.17. The molecule has 158 valence electrons. The monoisotopic (exact) mass is 432 g/mol. The lowest BCUT2D eigenvalue weighted by Gasteiger charge is -2.29. The first-order chi connectivity index (χ1) is 15.2. The number of pyridine rings is 1. The number of anilines is 2. The Bertz CT molecular complexity index is 1090. The molecule has 0 amide bonds. The molecule has 0 unspecified atom stereocenters. The van der Waals surface area contributed by atoms with Gasteiger partial charge in [-0.05, 0) is 59.6 Å². The van der Waals surface area contributed by atoms with Crippen LogP contribution < -0.4 is 25.0 Å². The van der Waals surface area contributed by atoms with Crippen LogP contribution in [0.25, 0.3) is 0 Å². The molecule has 0 aliphatic carbocycles. The van der Waals surface area contributed by atoms with E-state index in [0.717, 1.165) is 48.1 Å². The van der Waals surface area contributed by atoms with Crippen molar-refractivity contribution in [3.63, 3.8) is 0 Å². The summed E-state index contributed by atoms with van der Waals surface area (Å²) in [5.74, 6) is 2.55. The van der Waals surface area contributed by atoms with Gasteiger partial charge in [0.1, 0.15) is 19.0 Å². The summed E-state index contributed by atoms with van der Waals surface area (Å²) in [6, 6.07) is 18.6. The molecule has 6 nitrogen and oxygen atoms in total. The van der Waals surface area contributed by atoms with E-state index in [0.29, 0.717) is 24.9 Å². The summed E-state index contributed by atoms with van der Waals surface area (Å²) in [5.41, 5.74) is 4.75. The Morgan fingerprint density at radius 3 is 2.68 bits per heavy atom. The normalized spacial score (nSPS) is 14.5. The maximum absolute atomic E-state index is 5.63. The van der Waals surface area contributed by atoms with Gasteiger partial charge in [0.2, 0.25) is 0 Å². The van der Waals surface area contributed by atoms with Crippen molar-refractivity contribution in [2.24, 2.45) is 0 Å². The number of hydrogen-bond donors (Lipinski definition) is 2. The number of nitrogens with zero attached hydrogens (tertiary/aromatic N) is 2. The van der Waals surface area contributed by atoms with Crippen LogP contribution in [-0.4, -0.2) is 29.9 Å². The van der Waals surface area contributed by atoms with Crippen LogP contribution in [0.15, 0.2) is 60.8 Å². The van der Waals surface area contributed by atoms with Crippen LogP contribution in [0.4, 0.5) is 11.5 Å². The molecule has 31 heavy (non-hydrogen) atoms. The summed E-state index contributed by atoms with van der Waals surface area (Å²) in [4.78, 5) is 6.95. The largest absolute Gasteiger partial charge is 0.486 e. The quantitative estimate of drug-likeness (QED) is 0.607. The molecule has 5 rings (SSSR count). The molecule has 2 aliphatic heterocycles. The second-order valence-electron chi connectivity index (χ2n) is 7.63. The highest BCUT2D eigenvalue weighted by molar-refractivity contribution is 7.80. The summed E-state index contributed by atoms with van der Waals surface area (Å²) < 4.78 is 11.2. The van der Waals surface area contributed by atoms with Gasteiger partial charge in [-0.15, -0.1) is 0 Å². The standard InChI is InChI=1S/C24H24N4O2S/c31-24(26-14-17-5-7-21-22(13-17)30-12-11-29-21)27-20-6-8-23(25-15-20)28-10-9-18-3-1-2-4-19(18)16-28/h1-8,13,15H,9-12,14,16H2,(H2,26,27,31). The molecule has 0 radical (unpaired) electrons. The molecule has 0 saturated carbocycles. The Morgan fingerprint density at radius 1 is 1.00 bits per heavy atom. The Morgan fingerprint density at radius 2 is 1.84 bits per heavy atom. The number of hydrogen-bond acceptors (Lipinski definition) is 5. The minimum Gasteiger partial charge on any atom is -0.486 e. The van der Waals surface area contributed by atoms with Crippen LogP contribution in [0.1, 0.15) is 16.7 Å². The van der Waals surface area contributed by atoms with Crippen molar-refractivity contribution in [3.8, 4) is 11.5 Å². The SMILES string of the molecule is S=C(NCc1ccc2c(c1)OCCO2)Nc1ccc(N2CCc3ccccc3C2)nc1. The predicted molar refractivity (Wildman–Crippen MR) is 126 cm³/mol. The smallest absolute Gasteiger partial charge is 0.171 e. The Kier molecular flexibility index (Phi) is 5.58. The molecule has 2 N–H and O–H groups in total. The average Bonchev–Trinajstić information content (AvgIpc) is 2.83. The fourth-order valence-electron chi connectivity index (χ4n) is 3.89. The summed E-state index contributed by atoms with van der Waals surface area (Å²) in [7, 11) is 0. The van der Waals surface area contributed by atoms with Crippen molar-refractivity contribution < 1.29 is 9.47 Å². The zero-order chi connectivity index (χ0) is 21.0. The predicted octanol–water partition coefficient (Wildman–Crippen LogP) is 3.90. The lowest BCUT2D eigenvalue weighted by atomic mass is 10.00. The number of ether oxygens (including phenoxy) is 2. The highest BCUT2D eigenvalue weighted by atomic mass is 32.1. The molecule has 2 aliphatic rings. The van der Waals surface area contributed by atoms with E-state index in [1.54, 1.807) is 0 Å². The zero-order valence-corrected chi connectivity index (χ0v) is 18.0. The van der Waals surface area contributed by atoms with Crippen LogP contribution >= 0.6 is 12.2 Å². The van der Waals surface area contributed by atoms with Crippen LogP contribution in [0, 0.1) is 0 Å². The molecule has 0 saturated heterocycles. The van der Waals surface area contributed by atoms with E-state index in [4.69, 9.17) is 21.7 Å². The first kappa shape index (κ1) is 19.6. The number of aromatic nitrogens is 1. The Labute approximate surface area is 187 Å². The molecule has 1 aromatic heterocycles. The van der Waals surface area contributed by atoms with Crippen molar-refractivity contribution in [1.29, 1.82) is 0 Å². The molecular weight excluding hydrogens is 408 g/mol. The average molecular weight is 433 g/mol. The lowest BCUT2D eigenvalue weighted by molar-refractivity contribution is 0.171. The van der Waals surface area contributed by atoms with Crippen LogP contribution in [-0.2, 0) is 19.5 Å². The van der Waals surface area contributed by atoms with E-state index in [-0.39, 0.29) is 0 Å². The topological polar surface area (TPSA) is 58.6 Å². The third-order valence-electron chi connectivity index (χ3n) is 5.52. The van der Waals surface area contributed by atoms with Crippen molar-refractivity contribution in [3.05, 3.63) is 77.5 Å². The van der Waals surface area contributed by atoms with Gasteiger partial charge >= 0.3 is 0 Å². The highest BCUT2D eigenvalue weighted by Crippen LogP contribution is 2.30. The van der Waals surface area contributed by atoms with Gasteiger partial charge in [-0.2, -0.15) is 0 Å². The molecule has 0 atom stereocenters. The number of thiocarbonyl (C=S) groups is 1. The summed E-state index contributed by atoms with van der Waals surface area (Å²) in [5, 5.41) is 6.98. The number of nitrogens with one attached hydrogen (secondary N) is 2. The van der Waals surface area contributed by atoms with Gasteiger partial charge in [-0.1, -0.05) is 30.3 Å². The minimum absolute atomic E-state index is 0.552. The van der Waals surface area contributed by atoms with Gasteiger partial charge in [-0.3, -0.25) is 0 Å². The van der Waals surface area contributed by atoms with Gasteiger partial charge in [-0.25, -0.2) is 4.98 Å². The maximum atomic E-state index is 5.63. The first-order valence-electron chi connectivity index (χ1n) is 10.5. The number of benzene rings is 2. The number of rotatable bonds is 4. The molecule has 0 fully saturated rings. The molecule has 0 bridgehead atoms. The third-order valence-corrected chi connectivity index (χ3v) is 5.77. The van der Waals surface area contributed by atoms with E-state index in [1.807, 2.05) is 36.5 Å². The van der Waals surface area contributed by atoms with Crippen LogP contribution in [0.5, 0.6) is 11.5 Å². The lowest BCUT2D eigenvalue weighted by Crippen LogP contribution is -2.31. The summed E-state index contributed by atoms with van der Waals surface area (Å²) >= 11 is 5.44. The minimum atomic E-state index is 0.552. The van der Waals surface area contributed by atoms with E-state index in [2.05, 4.69) is 44.8 Å². The van der Waals surface area contributed by atoms with E-state index in [1.165, 1.54) is 11.1 Å². The fraction of sp³-hybridized carbons (Fsp3) is 0.250. The van der Waals surface area contributed by atoms with Crippen molar-refractivity contribution in [2.75, 3.05) is 30.0 Å². The first-order valence-corrected chi connectivity index (χ1v) is 10.9. The van der Waals surface area contributed by atoms with E-state index >= 15 is 0 Å². The Hall–Kier alpha value is -3.32. The van der Waals surface area contributed by atoms with Crippen molar-refractivity contribution >= 4 is 28.8 Å². The van der Waals surface area contributed by atoms with E-state index < -0.39 is 0 Å².